The smallest absolute Gasteiger partial charge is 0.345 e. The van der Waals surface area contributed by atoms with Gasteiger partial charge in [0.2, 0.25) is 5.60 Å². The minimum atomic E-state index is -2.12. The highest BCUT2D eigenvalue weighted by molar-refractivity contribution is 5.85. The van der Waals surface area contributed by atoms with Gasteiger partial charge in [-0.15, -0.1) is 24.8 Å². The molecule has 0 saturated heterocycles. The highest BCUT2D eigenvalue weighted by Gasteiger charge is 2.40. The number of carbonyl (C=O) groups is 1. The predicted molar refractivity (Wildman–Crippen MR) is 97.2 cm³/mol. The van der Waals surface area contributed by atoms with Gasteiger partial charge in [0, 0.05) is 5.56 Å². The number of rotatable bonds is 7. The summed E-state index contributed by atoms with van der Waals surface area (Å²) in [5, 5.41) is 20.3. The van der Waals surface area contributed by atoms with E-state index in [1.165, 1.54) is 6.07 Å². The molecule has 7 heteroatoms. The summed E-state index contributed by atoms with van der Waals surface area (Å²) in [4.78, 5) is 11.7. The number of aliphatic carboxylic acids is 1. The maximum absolute atomic E-state index is 11.7. The molecule has 2 rings (SSSR count). The summed E-state index contributed by atoms with van der Waals surface area (Å²) in [5.41, 5.74) is 3.83. The Morgan fingerprint density at radius 2 is 1.67 bits per heavy atom. The predicted octanol–water partition coefficient (Wildman–Crippen LogP) is 2.58. The van der Waals surface area contributed by atoms with Gasteiger partial charge >= 0.3 is 5.97 Å². The van der Waals surface area contributed by atoms with Crippen LogP contribution in [0, 0.1) is 0 Å². The van der Waals surface area contributed by atoms with E-state index in [4.69, 9.17) is 10.5 Å². The molecule has 24 heavy (non-hydrogen) atoms. The van der Waals surface area contributed by atoms with E-state index in [1.54, 1.807) is 48.5 Å². The molecule has 0 aliphatic rings. The molecule has 0 spiro atoms. The van der Waals surface area contributed by atoms with Gasteiger partial charge in [0.15, 0.2) is 0 Å². The number of halogens is 2. The quantitative estimate of drug-likeness (QED) is 0.648. The molecule has 0 heterocycles. The molecule has 4 N–H and O–H groups in total. The Balaban J connectivity index is 0.00000264. The van der Waals surface area contributed by atoms with Gasteiger partial charge in [0.1, 0.15) is 5.75 Å². The fraction of sp³-hybridized carbons (Fsp3) is 0.235. The zero-order chi connectivity index (χ0) is 16.0. The van der Waals surface area contributed by atoms with Gasteiger partial charge in [-0.05, 0) is 30.7 Å². The molecular weight excluding hydrogens is 353 g/mol. The van der Waals surface area contributed by atoms with Crippen LogP contribution in [0.4, 0.5) is 0 Å². The lowest BCUT2D eigenvalue weighted by Crippen LogP contribution is -2.36. The average molecular weight is 374 g/mol. The largest absolute Gasteiger partial charge is 0.494 e. The zero-order valence-corrected chi connectivity index (χ0v) is 14.6. The Kier molecular flexibility index (Phi) is 9.40. The molecule has 0 aliphatic carbocycles. The van der Waals surface area contributed by atoms with E-state index in [1.807, 2.05) is 0 Å². The second-order valence-corrected chi connectivity index (χ2v) is 4.90. The zero-order valence-electron chi connectivity index (χ0n) is 12.9. The Labute approximate surface area is 153 Å². The van der Waals surface area contributed by atoms with E-state index in [0.29, 0.717) is 30.9 Å². The average Bonchev–Trinajstić information content (AvgIpc) is 2.55. The fourth-order valence-electron chi connectivity index (χ4n) is 2.18. The molecule has 2 aromatic carbocycles. The molecule has 0 radical (unpaired) electrons. The SMILES string of the molecule is Cl.Cl.NCCCOc1cccc([C@](O)(C(=O)O)c2ccccc2)c1. The number of hydrogen-bond acceptors (Lipinski definition) is 4. The van der Waals surface area contributed by atoms with Crippen LogP contribution in [-0.2, 0) is 10.4 Å². The van der Waals surface area contributed by atoms with Crippen LogP contribution in [0.5, 0.6) is 5.75 Å². The third-order valence-electron chi connectivity index (χ3n) is 3.37. The van der Waals surface area contributed by atoms with E-state index >= 15 is 0 Å². The molecule has 5 nitrogen and oxygen atoms in total. The van der Waals surface area contributed by atoms with Crippen LogP contribution < -0.4 is 10.5 Å². The van der Waals surface area contributed by atoms with Gasteiger partial charge in [-0.25, -0.2) is 4.79 Å². The summed E-state index contributed by atoms with van der Waals surface area (Å²) < 4.78 is 5.51. The van der Waals surface area contributed by atoms with Crippen molar-refractivity contribution in [1.82, 2.24) is 0 Å². The summed E-state index contributed by atoms with van der Waals surface area (Å²) in [6.45, 7) is 0.958. The first kappa shape index (κ1) is 22.2. The molecule has 2 aromatic rings. The number of carboxylic acid groups (broad SMARTS) is 1. The van der Waals surface area contributed by atoms with Gasteiger partial charge in [-0.1, -0.05) is 42.5 Å². The number of benzene rings is 2. The number of ether oxygens (including phenoxy) is 1. The van der Waals surface area contributed by atoms with Crippen LogP contribution in [0.25, 0.3) is 0 Å². The Bertz CT molecular complexity index is 639. The fourth-order valence-corrected chi connectivity index (χ4v) is 2.18. The summed E-state index contributed by atoms with van der Waals surface area (Å²) in [7, 11) is 0. The van der Waals surface area contributed by atoms with E-state index in [2.05, 4.69) is 0 Å². The molecule has 0 bridgehead atoms. The van der Waals surface area contributed by atoms with Crippen molar-refractivity contribution >= 4 is 30.8 Å². The molecule has 132 valence electrons. The third-order valence-corrected chi connectivity index (χ3v) is 3.37. The Morgan fingerprint density at radius 3 is 2.25 bits per heavy atom. The molecule has 0 unspecified atom stereocenters. The first-order valence-electron chi connectivity index (χ1n) is 7.03. The lowest BCUT2D eigenvalue weighted by molar-refractivity contribution is -0.155. The van der Waals surface area contributed by atoms with E-state index in [-0.39, 0.29) is 30.4 Å². The summed E-state index contributed by atoms with van der Waals surface area (Å²) in [6.07, 6.45) is 0.701. The maximum atomic E-state index is 11.7. The molecular formula is C17H21Cl2NO4. The molecule has 0 saturated carbocycles. The first-order valence-corrected chi connectivity index (χ1v) is 7.03. The first-order chi connectivity index (χ1) is 10.6. The van der Waals surface area contributed by atoms with Crippen LogP contribution in [-0.4, -0.2) is 29.3 Å². The van der Waals surface area contributed by atoms with Crippen LogP contribution in [0.15, 0.2) is 54.6 Å². The van der Waals surface area contributed by atoms with Crippen LogP contribution >= 0.6 is 24.8 Å². The summed E-state index contributed by atoms with van der Waals surface area (Å²) in [5.74, 6) is -0.834. The van der Waals surface area contributed by atoms with Crippen molar-refractivity contribution in [3.63, 3.8) is 0 Å². The lowest BCUT2D eigenvalue weighted by atomic mass is 9.86. The highest BCUT2D eigenvalue weighted by atomic mass is 35.5. The van der Waals surface area contributed by atoms with Crippen molar-refractivity contribution in [1.29, 1.82) is 0 Å². The van der Waals surface area contributed by atoms with Gasteiger partial charge in [-0.3, -0.25) is 0 Å². The van der Waals surface area contributed by atoms with Crippen molar-refractivity contribution in [2.75, 3.05) is 13.2 Å². The van der Waals surface area contributed by atoms with Crippen molar-refractivity contribution in [3.8, 4) is 5.75 Å². The number of nitrogens with two attached hydrogens (primary N) is 1. The monoisotopic (exact) mass is 373 g/mol. The number of aliphatic hydroxyl groups is 1. The maximum Gasteiger partial charge on any atom is 0.345 e. The summed E-state index contributed by atoms with van der Waals surface area (Å²) >= 11 is 0. The van der Waals surface area contributed by atoms with E-state index < -0.39 is 11.6 Å². The minimum Gasteiger partial charge on any atom is -0.494 e. The van der Waals surface area contributed by atoms with Crippen molar-refractivity contribution in [2.45, 2.75) is 12.0 Å². The normalized spacial score (nSPS) is 12.2. The topological polar surface area (TPSA) is 92.8 Å². The molecule has 0 aliphatic heterocycles. The highest BCUT2D eigenvalue weighted by Crippen LogP contribution is 2.32. The van der Waals surface area contributed by atoms with E-state index in [0.717, 1.165) is 0 Å². The van der Waals surface area contributed by atoms with Crippen LogP contribution in [0.2, 0.25) is 0 Å². The lowest BCUT2D eigenvalue weighted by Gasteiger charge is -2.25. The van der Waals surface area contributed by atoms with Crippen molar-refractivity contribution in [2.24, 2.45) is 5.73 Å². The van der Waals surface area contributed by atoms with Crippen LogP contribution in [0.3, 0.4) is 0 Å². The van der Waals surface area contributed by atoms with Crippen molar-refractivity contribution in [3.05, 3.63) is 65.7 Å². The summed E-state index contributed by atoms with van der Waals surface area (Å²) in [6, 6.07) is 14.8. The van der Waals surface area contributed by atoms with Gasteiger partial charge in [0.25, 0.3) is 0 Å². The second-order valence-electron chi connectivity index (χ2n) is 4.90. The molecule has 0 aromatic heterocycles. The van der Waals surface area contributed by atoms with Gasteiger partial charge < -0.3 is 20.7 Å². The molecule has 0 fully saturated rings. The van der Waals surface area contributed by atoms with E-state index in [9.17, 15) is 15.0 Å². The van der Waals surface area contributed by atoms with Crippen molar-refractivity contribution < 1.29 is 19.7 Å². The standard InChI is InChI=1S/C17H19NO4.2ClH/c18-10-5-11-22-15-9-4-8-14(12-15)17(21,16(19)20)13-6-2-1-3-7-13;;/h1-4,6-9,12,21H,5,10-11,18H2,(H,19,20);2*1H/t17-;;/m0../s1. The Morgan fingerprint density at radius 1 is 1.04 bits per heavy atom. The number of hydrogen-bond donors (Lipinski definition) is 3. The van der Waals surface area contributed by atoms with Gasteiger partial charge in [-0.2, -0.15) is 0 Å². The minimum absolute atomic E-state index is 0. The third kappa shape index (κ3) is 4.85. The molecule has 1 atom stereocenters. The number of carboxylic acids is 1. The Hall–Kier alpha value is -1.79. The molecule has 0 amide bonds. The van der Waals surface area contributed by atoms with Crippen LogP contribution in [0.1, 0.15) is 17.5 Å². The second kappa shape index (κ2) is 10.2. The van der Waals surface area contributed by atoms with Gasteiger partial charge in [0.05, 0.1) is 6.61 Å².